The van der Waals surface area contributed by atoms with Crippen LogP contribution in [0.5, 0.6) is 0 Å². The number of hydrogen-bond donors (Lipinski definition) is 0. The molecular weight excluding hydrogens is 386 g/mol. The number of carbonyl (C=O) groups excluding carboxylic acids is 1. The molecule has 0 bridgehead atoms. The van der Waals surface area contributed by atoms with Crippen molar-refractivity contribution in [2.24, 2.45) is 11.8 Å². The number of fused-ring (bicyclic) bond motifs is 1. The summed E-state index contributed by atoms with van der Waals surface area (Å²) in [6, 6.07) is 15.1. The van der Waals surface area contributed by atoms with E-state index in [0.29, 0.717) is 35.6 Å². The summed E-state index contributed by atoms with van der Waals surface area (Å²) in [5.41, 5.74) is 2.49. The lowest BCUT2D eigenvalue weighted by Gasteiger charge is -2.33. The average Bonchev–Trinajstić information content (AvgIpc) is 3.59. The summed E-state index contributed by atoms with van der Waals surface area (Å²) in [5.74, 6) is 1.28. The van der Waals surface area contributed by atoms with Crippen LogP contribution in [0.3, 0.4) is 0 Å². The lowest BCUT2D eigenvalue weighted by Crippen LogP contribution is -2.41. The van der Waals surface area contributed by atoms with Crippen LogP contribution in [-0.4, -0.2) is 26.9 Å². The third kappa shape index (κ3) is 4.27. The number of carbonyl (C=O) groups is 1. The van der Waals surface area contributed by atoms with Crippen LogP contribution < -0.4 is 5.56 Å². The topological polar surface area (TPSA) is 55.2 Å². The molecule has 4 rings (SSSR count). The largest absolute Gasteiger partial charge is 0.332 e. The fourth-order valence-electron chi connectivity index (χ4n) is 4.19. The zero-order valence-corrected chi connectivity index (χ0v) is 18.8. The molecule has 0 radical (unpaired) electrons. The zero-order valence-electron chi connectivity index (χ0n) is 18.8. The van der Waals surface area contributed by atoms with Crippen molar-refractivity contribution >= 4 is 16.8 Å². The van der Waals surface area contributed by atoms with Crippen LogP contribution in [0.4, 0.5) is 0 Å². The summed E-state index contributed by atoms with van der Waals surface area (Å²) < 4.78 is 1.71. The lowest BCUT2D eigenvalue weighted by atomic mass is 10.1. The molecular formula is C26H31N3O2. The number of benzene rings is 2. The molecule has 0 spiro atoms. The molecule has 162 valence electrons. The van der Waals surface area contributed by atoms with Gasteiger partial charge in [-0.05, 0) is 56.4 Å². The third-order valence-corrected chi connectivity index (χ3v) is 5.93. The van der Waals surface area contributed by atoms with Gasteiger partial charge >= 0.3 is 0 Å². The van der Waals surface area contributed by atoms with Gasteiger partial charge in [-0.3, -0.25) is 14.2 Å². The average molecular weight is 418 g/mol. The van der Waals surface area contributed by atoms with Gasteiger partial charge in [0.2, 0.25) is 5.91 Å². The van der Waals surface area contributed by atoms with Crippen molar-refractivity contribution in [1.82, 2.24) is 14.5 Å². The number of hydrogen-bond acceptors (Lipinski definition) is 3. The van der Waals surface area contributed by atoms with Crippen LogP contribution in [0.2, 0.25) is 0 Å². The molecule has 1 atom stereocenters. The first kappa shape index (κ1) is 21.3. The summed E-state index contributed by atoms with van der Waals surface area (Å²) in [6.45, 7) is 9.00. The van der Waals surface area contributed by atoms with E-state index in [9.17, 15) is 9.59 Å². The van der Waals surface area contributed by atoms with Gasteiger partial charge in [-0.2, -0.15) is 0 Å². The van der Waals surface area contributed by atoms with Crippen molar-refractivity contribution < 1.29 is 4.79 Å². The molecule has 31 heavy (non-hydrogen) atoms. The van der Waals surface area contributed by atoms with Crippen molar-refractivity contribution in [2.75, 3.05) is 6.54 Å². The second-order valence-corrected chi connectivity index (χ2v) is 9.05. The second-order valence-electron chi connectivity index (χ2n) is 9.05. The number of nitrogens with zero attached hydrogens (tertiary/aromatic N) is 3. The first-order valence-corrected chi connectivity index (χ1v) is 11.3. The normalized spacial score (nSPS) is 14.7. The Morgan fingerprint density at radius 2 is 1.81 bits per heavy atom. The molecule has 1 saturated carbocycles. The second kappa shape index (κ2) is 8.66. The predicted octanol–water partition coefficient (Wildman–Crippen LogP) is 5.04. The summed E-state index contributed by atoms with van der Waals surface area (Å²) in [6.07, 6.45) is 2.61. The Kier molecular flexibility index (Phi) is 5.94. The molecule has 1 amide bonds. The van der Waals surface area contributed by atoms with Crippen LogP contribution in [0.1, 0.15) is 57.5 Å². The van der Waals surface area contributed by atoms with Crippen LogP contribution in [0.25, 0.3) is 16.6 Å². The smallest absolute Gasteiger partial charge is 0.266 e. The van der Waals surface area contributed by atoms with Crippen molar-refractivity contribution in [2.45, 2.75) is 53.0 Å². The fraction of sp³-hybridized carbons (Fsp3) is 0.423. The monoisotopic (exact) mass is 417 g/mol. The number of aromatic nitrogens is 2. The number of aryl methyl sites for hydroxylation is 1. The van der Waals surface area contributed by atoms with Gasteiger partial charge in [0.05, 0.1) is 22.6 Å². The van der Waals surface area contributed by atoms with E-state index in [-0.39, 0.29) is 23.4 Å². The summed E-state index contributed by atoms with van der Waals surface area (Å²) in [7, 11) is 0. The highest BCUT2D eigenvalue weighted by Crippen LogP contribution is 2.35. The summed E-state index contributed by atoms with van der Waals surface area (Å²) in [4.78, 5) is 33.8. The van der Waals surface area contributed by atoms with E-state index >= 15 is 0 Å². The SMILES string of the molecule is CCC(c1nc2ccccc2c(=O)n1-c1ccc(C)cc1)N(CC(C)C)C(=O)C1CC1. The van der Waals surface area contributed by atoms with E-state index in [0.717, 1.165) is 24.1 Å². The number of amides is 1. The minimum absolute atomic E-state index is 0.0914. The highest BCUT2D eigenvalue weighted by molar-refractivity contribution is 5.82. The summed E-state index contributed by atoms with van der Waals surface area (Å²) in [5, 5.41) is 0.589. The highest BCUT2D eigenvalue weighted by atomic mass is 16.2. The van der Waals surface area contributed by atoms with E-state index < -0.39 is 0 Å². The maximum atomic E-state index is 13.6. The minimum atomic E-state index is -0.255. The van der Waals surface area contributed by atoms with Gasteiger partial charge < -0.3 is 4.90 Å². The van der Waals surface area contributed by atoms with Crippen molar-refractivity contribution in [1.29, 1.82) is 0 Å². The summed E-state index contributed by atoms with van der Waals surface area (Å²) >= 11 is 0. The molecule has 1 fully saturated rings. The molecule has 5 nitrogen and oxygen atoms in total. The van der Waals surface area contributed by atoms with Crippen molar-refractivity contribution in [3.8, 4) is 5.69 Å². The molecule has 2 aromatic carbocycles. The number of rotatable bonds is 7. The molecule has 1 aliphatic carbocycles. The Bertz CT molecular complexity index is 1140. The van der Waals surface area contributed by atoms with E-state index in [1.807, 2.05) is 60.4 Å². The van der Waals surface area contributed by atoms with Crippen LogP contribution in [0.15, 0.2) is 53.3 Å². The quantitative estimate of drug-likeness (QED) is 0.541. The van der Waals surface area contributed by atoms with Gasteiger partial charge in [0, 0.05) is 12.5 Å². The number of para-hydroxylation sites is 1. The molecule has 5 heteroatoms. The van der Waals surface area contributed by atoms with Gasteiger partial charge in [-0.1, -0.05) is 50.6 Å². The maximum absolute atomic E-state index is 13.6. The molecule has 0 saturated heterocycles. The van der Waals surface area contributed by atoms with Gasteiger partial charge in [0.15, 0.2) is 0 Å². The molecule has 0 N–H and O–H groups in total. The highest BCUT2D eigenvalue weighted by Gasteiger charge is 2.38. The Labute approximate surface area is 183 Å². The van der Waals surface area contributed by atoms with Crippen molar-refractivity contribution in [3.05, 3.63) is 70.3 Å². The van der Waals surface area contributed by atoms with Crippen LogP contribution in [0, 0.1) is 18.8 Å². The molecule has 1 unspecified atom stereocenters. The first-order chi connectivity index (χ1) is 14.9. The van der Waals surface area contributed by atoms with Gasteiger partial charge in [0.1, 0.15) is 5.82 Å². The zero-order chi connectivity index (χ0) is 22.1. The lowest BCUT2D eigenvalue weighted by molar-refractivity contribution is -0.136. The van der Waals surface area contributed by atoms with E-state index in [4.69, 9.17) is 4.98 Å². The van der Waals surface area contributed by atoms with Gasteiger partial charge in [-0.15, -0.1) is 0 Å². The van der Waals surface area contributed by atoms with Crippen LogP contribution >= 0.6 is 0 Å². The van der Waals surface area contributed by atoms with Crippen LogP contribution in [-0.2, 0) is 4.79 Å². The Morgan fingerprint density at radius 3 is 2.42 bits per heavy atom. The van der Waals surface area contributed by atoms with E-state index in [1.54, 1.807) is 4.57 Å². The van der Waals surface area contributed by atoms with Crippen molar-refractivity contribution in [3.63, 3.8) is 0 Å². The molecule has 0 aliphatic heterocycles. The maximum Gasteiger partial charge on any atom is 0.266 e. The van der Waals surface area contributed by atoms with E-state index in [2.05, 4.69) is 20.8 Å². The fourth-order valence-corrected chi connectivity index (χ4v) is 4.19. The molecule has 1 aliphatic rings. The molecule has 3 aromatic rings. The van der Waals surface area contributed by atoms with Gasteiger partial charge in [0.25, 0.3) is 5.56 Å². The van der Waals surface area contributed by atoms with Gasteiger partial charge in [-0.25, -0.2) is 4.98 Å². The Hall–Kier alpha value is -2.95. The first-order valence-electron chi connectivity index (χ1n) is 11.3. The Morgan fingerprint density at radius 1 is 1.13 bits per heavy atom. The van der Waals surface area contributed by atoms with E-state index in [1.165, 1.54) is 0 Å². The predicted molar refractivity (Wildman–Crippen MR) is 124 cm³/mol. The minimum Gasteiger partial charge on any atom is -0.332 e. The molecule has 1 aromatic heterocycles. The third-order valence-electron chi connectivity index (χ3n) is 5.93. The molecule has 1 heterocycles. The standard InChI is InChI=1S/C26H31N3O2/c1-5-23(28(16-17(2)3)25(30)19-12-13-19)24-27-22-9-7-6-8-21(22)26(31)29(24)20-14-10-18(4)11-15-20/h6-11,14-15,17,19,23H,5,12-13,16H2,1-4H3. The Balaban J connectivity index is 1.94.